The molecule has 2 rings (SSSR count). The molecule has 0 aliphatic carbocycles. The summed E-state index contributed by atoms with van der Waals surface area (Å²) < 4.78 is 38.5. The number of nitrogens with zero attached hydrogens (tertiary/aromatic N) is 1. The standard InChI is InChI=1S/C15H21F3N2/c1-2-12-3-5-13(6-4-12)14(11-15(16,17)18)20-9-7-19-8-10-20/h3-6,14,19H,2,7-11H2,1H3/t14-/m0/s1. The van der Waals surface area contributed by atoms with E-state index in [1.54, 1.807) is 0 Å². The van der Waals surface area contributed by atoms with Crippen molar-refractivity contribution in [3.8, 4) is 0 Å². The maximum atomic E-state index is 12.8. The highest BCUT2D eigenvalue weighted by Crippen LogP contribution is 2.34. The molecule has 1 aliphatic rings. The van der Waals surface area contributed by atoms with E-state index < -0.39 is 18.6 Å². The summed E-state index contributed by atoms with van der Waals surface area (Å²) in [5.74, 6) is 0. The Hall–Kier alpha value is -1.07. The summed E-state index contributed by atoms with van der Waals surface area (Å²) in [4.78, 5) is 1.94. The summed E-state index contributed by atoms with van der Waals surface area (Å²) in [7, 11) is 0. The van der Waals surface area contributed by atoms with Crippen LogP contribution in [0.3, 0.4) is 0 Å². The molecule has 1 fully saturated rings. The SMILES string of the molecule is CCc1ccc([C@H](CC(F)(F)F)N2CCNCC2)cc1. The van der Waals surface area contributed by atoms with Crippen molar-refractivity contribution in [1.82, 2.24) is 10.2 Å². The first kappa shape index (κ1) is 15.3. The van der Waals surface area contributed by atoms with Crippen molar-refractivity contribution in [2.24, 2.45) is 0 Å². The summed E-state index contributed by atoms with van der Waals surface area (Å²) in [6.07, 6.45) is -4.02. The van der Waals surface area contributed by atoms with Crippen molar-refractivity contribution in [2.75, 3.05) is 26.2 Å². The van der Waals surface area contributed by atoms with Crippen molar-refractivity contribution >= 4 is 0 Å². The van der Waals surface area contributed by atoms with E-state index in [-0.39, 0.29) is 0 Å². The maximum absolute atomic E-state index is 12.8. The fourth-order valence-electron chi connectivity index (χ4n) is 2.65. The van der Waals surface area contributed by atoms with Crippen LogP contribution < -0.4 is 5.32 Å². The number of piperazine rings is 1. The molecule has 0 unspecified atom stereocenters. The lowest BCUT2D eigenvalue weighted by molar-refractivity contribution is -0.148. The van der Waals surface area contributed by atoms with Gasteiger partial charge in [0.15, 0.2) is 0 Å². The molecule has 112 valence electrons. The van der Waals surface area contributed by atoms with Crippen LogP contribution in [-0.2, 0) is 6.42 Å². The van der Waals surface area contributed by atoms with E-state index in [1.165, 1.54) is 0 Å². The molecule has 1 saturated heterocycles. The van der Waals surface area contributed by atoms with Crippen LogP contribution >= 0.6 is 0 Å². The quantitative estimate of drug-likeness (QED) is 0.914. The second-order valence-corrected chi connectivity index (χ2v) is 5.22. The van der Waals surface area contributed by atoms with Gasteiger partial charge in [0.2, 0.25) is 0 Å². The van der Waals surface area contributed by atoms with Gasteiger partial charge in [0.1, 0.15) is 0 Å². The summed E-state index contributed by atoms with van der Waals surface area (Å²) in [6.45, 7) is 4.87. The Kier molecular flexibility index (Phi) is 5.05. The van der Waals surface area contributed by atoms with Crippen molar-refractivity contribution in [2.45, 2.75) is 32.0 Å². The number of aryl methyl sites for hydroxylation is 1. The number of hydrogen-bond acceptors (Lipinski definition) is 2. The molecule has 0 bridgehead atoms. The summed E-state index contributed by atoms with van der Waals surface area (Å²) in [5, 5.41) is 3.18. The molecule has 0 radical (unpaired) electrons. The van der Waals surface area contributed by atoms with Crippen molar-refractivity contribution in [3.63, 3.8) is 0 Å². The van der Waals surface area contributed by atoms with Crippen LogP contribution in [0.25, 0.3) is 0 Å². The van der Waals surface area contributed by atoms with Gasteiger partial charge in [0.05, 0.1) is 6.42 Å². The first-order chi connectivity index (χ1) is 9.49. The molecular formula is C15H21F3N2. The number of alkyl halides is 3. The summed E-state index contributed by atoms with van der Waals surface area (Å²) >= 11 is 0. The van der Waals surface area contributed by atoms with Gasteiger partial charge in [-0.3, -0.25) is 4.90 Å². The van der Waals surface area contributed by atoms with E-state index in [2.05, 4.69) is 5.32 Å². The molecule has 0 saturated carbocycles. The topological polar surface area (TPSA) is 15.3 Å². The Morgan fingerprint density at radius 2 is 1.75 bits per heavy atom. The highest BCUT2D eigenvalue weighted by atomic mass is 19.4. The van der Waals surface area contributed by atoms with Crippen molar-refractivity contribution in [3.05, 3.63) is 35.4 Å². The van der Waals surface area contributed by atoms with Gasteiger partial charge in [0.25, 0.3) is 0 Å². The van der Waals surface area contributed by atoms with Gasteiger partial charge in [-0.15, -0.1) is 0 Å². The number of rotatable bonds is 4. The number of benzene rings is 1. The molecular weight excluding hydrogens is 265 g/mol. The zero-order chi connectivity index (χ0) is 14.6. The Balaban J connectivity index is 2.19. The number of nitrogens with one attached hydrogen (secondary N) is 1. The van der Waals surface area contributed by atoms with E-state index in [9.17, 15) is 13.2 Å². The zero-order valence-corrected chi connectivity index (χ0v) is 11.7. The maximum Gasteiger partial charge on any atom is 0.390 e. The van der Waals surface area contributed by atoms with Gasteiger partial charge in [-0.25, -0.2) is 0 Å². The van der Waals surface area contributed by atoms with Crippen LogP contribution in [0.5, 0.6) is 0 Å². The summed E-state index contributed by atoms with van der Waals surface area (Å²) in [5.41, 5.74) is 1.92. The minimum atomic E-state index is -4.14. The van der Waals surface area contributed by atoms with Crippen LogP contribution in [0.4, 0.5) is 13.2 Å². The molecule has 5 heteroatoms. The lowest BCUT2D eigenvalue weighted by Crippen LogP contribution is -2.46. The molecule has 0 spiro atoms. The molecule has 1 heterocycles. The van der Waals surface area contributed by atoms with Gasteiger partial charge in [-0.2, -0.15) is 13.2 Å². The molecule has 2 nitrogen and oxygen atoms in total. The molecule has 0 aromatic heterocycles. The molecule has 1 N–H and O–H groups in total. The minimum absolute atomic E-state index is 0.567. The highest BCUT2D eigenvalue weighted by Gasteiger charge is 2.35. The van der Waals surface area contributed by atoms with Crippen LogP contribution in [0, 0.1) is 0 Å². The fourth-order valence-corrected chi connectivity index (χ4v) is 2.65. The van der Waals surface area contributed by atoms with Gasteiger partial charge in [-0.05, 0) is 17.5 Å². The van der Waals surface area contributed by atoms with Gasteiger partial charge >= 0.3 is 6.18 Å². The average Bonchev–Trinajstić information content (AvgIpc) is 2.45. The molecule has 1 atom stereocenters. The third kappa shape index (κ3) is 4.21. The van der Waals surface area contributed by atoms with E-state index in [4.69, 9.17) is 0 Å². The molecule has 20 heavy (non-hydrogen) atoms. The van der Waals surface area contributed by atoms with E-state index in [1.807, 2.05) is 36.1 Å². The first-order valence-electron chi connectivity index (χ1n) is 7.10. The highest BCUT2D eigenvalue weighted by molar-refractivity contribution is 5.25. The average molecular weight is 286 g/mol. The Morgan fingerprint density at radius 3 is 2.25 bits per heavy atom. The first-order valence-corrected chi connectivity index (χ1v) is 7.10. The lowest BCUT2D eigenvalue weighted by atomic mass is 9.99. The number of hydrogen-bond donors (Lipinski definition) is 1. The predicted molar refractivity (Wildman–Crippen MR) is 73.7 cm³/mol. The lowest BCUT2D eigenvalue weighted by Gasteiger charge is -2.35. The normalized spacial score (nSPS) is 19.0. The zero-order valence-electron chi connectivity index (χ0n) is 11.7. The second-order valence-electron chi connectivity index (χ2n) is 5.22. The van der Waals surface area contributed by atoms with Gasteiger partial charge in [0, 0.05) is 32.2 Å². The smallest absolute Gasteiger partial charge is 0.314 e. The fraction of sp³-hybridized carbons (Fsp3) is 0.600. The van der Waals surface area contributed by atoms with E-state index in [0.717, 1.165) is 30.6 Å². The van der Waals surface area contributed by atoms with Gasteiger partial charge < -0.3 is 5.32 Å². The van der Waals surface area contributed by atoms with Crippen molar-refractivity contribution < 1.29 is 13.2 Å². The minimum Gasteiger partial charge on any atom is -0.314 e. The van der Waals surface area contributed by atoms with Crippen LogP contribution in [0.2, 0.25) is 0 Å². The molecule has 1 aromatic carbocycles. The predicted octanol–water partition coefficient (Wildman–Crippen LogP) is 3.15. The Bertz CT molecular complexity index is 408. The van der Waals surface area contributed by atoms with E-state index >= 15 is 0 Å². The molecule has 1 aliphatic heterocycles. The molecule has 1 aromatic rings. The second kappa shape index (κ2) is 6.59. The van der Waals surface area contributed by atoms with Gasteiger partial charge in [-0.1, -0.05) is 31.2 Å². The van der Waals surface area contributed by atoms with Crippen molar-refractivity contribution in [1.29, 1.82) is 0 Å². The van der Waals surface area contributed by atoms with E-state index in [0.29, 0.717) is 13.1 Å². The van der Waals surface area contributed by atoms with Crippen LogP contribution in [-0.4, -0.2) is 37.3 Å². The third-order valence-electron chi connectivity index (χ3n) is 3.79. The van der Waals surface area contributed by atoms with Crippen LogP contribution in [0.1, 0.15) is 30.5 Å². The van der Waals surface area contributed by atoms with Crippen LogP contribution in [0.15, 0.2) is 24.3 Å². The number of halogens is 3. The Morgan fingerprint density at radius 1 is 1.15 bits per heavy atom. The summed E-state index contributed by atoms with van der Waals surface area (Å²) in [6, 6.07) is 6.99. The molecule has 0 amide bonds. The third-order valence-corrected chi connectivity index (χ3v) is 3.79. The largest absolute Gasteiger partial charge is 0.390 e. The monoisotopic (exact) mass is 286 g/mol. The Labute approximate surface area is 118 Å².